The Morgan fingerprint density at radius 3 is 2.70 bits per heavy atom. The van der Waals surface area contributed by atoms with Crippen molar-refractivity contribution in [2.45, 2.75) is 26.2 Å². The molecular weight excluding hydrogens is 294 g/mol. The highest BCUT2D eigenvalue weighted by Gasteiger charge is 2.19. The van der Waals surface area contributed by atoms with Crippen LogP contribution in [0.15, 0.2) is 40.6 Å². The Hall–Kier alpha value is -2.96. The Morgan fingerprint density at radius 1 is 1.26 bits per heavy atom. The zero-order valence-electron chi connectivity index (χ0n) is 13.1. The summed E-state index contributed by atoms with van der Waals surface area (Å²) >= 11 is 0. The van der Waals surface area contributed by atoms with E-state index in [2.05, 4.69) is 25.4 Å². The number of hydrogen-bond donors (Lipinski definition) is 3. The van der Waals surface area contributed by atoms with E-state index in [1.807, 2.05) is 32.9 Å². The number of rotatable bonds is 2. The third-order valence-electron chi connectivity index (χ3n) is 3.51. The van der Waals surface area contributed by atoms with E-state index in [0.29, 0.717) is 5.39 Å². The van der Waals surface area contributed by atoms with Gasteiger partial charge in [-0.2, -0.15) is 5.10 Å². The molecule has 0 fully saturated rings. The van der Waals surface area contributed by atoms with E-state index in [1.54, 1.807) is 18.2 Å². The predicted molar refractivity (Wildman–Crippen MR) is 86.1 cm³/mol. The van der Waals surface area contributed by atoms with Crippen LogP contribution in [0, 0.1) is 0 Å². The van der Waals surface area contributed by atoms with Crippen LogP contribution < -0.4 is 0 Å². The van der Waals surface area contributed by atoms with Gasteiger partial charge in [0.25, 0.3) is 0 Å². The van der Waals surface area contributed by atoms with Crippen LogP contribution in [-0.2, 0) is 5.41 Å². The van der Waals surface area contributed by atoms with Gasteiger partial charge in [-0.05, 0) is 12.1 Å². The molecule has 0 aliphatic rings. The van der Waals surface area contributed by atoms with E-state index in [1.165, 1.54) is 0 Å². The van der Waals surface area contributed by atoms with Crippen molar-refractivity contribution in [3.05, 3.63) is 41.7 Å². The number of nitrogens with zero attached hydrogens (tertiary/aromatic N) is 3. The topological polar surface area (TPSA) is 106 Å². The molecule has 0 unspecified atom stereocenters. The summed E-state index contributed by atoms with van der Waals surface area (Å²) in [7, 11) is 0. The minimum absolute atomic E-state index is 0.125. The number of aromatic hydroxyl groups is 1. The molecule has 0 radical (unpaired) electrons. The molecule has 0 atom stereocenters. The smallest absolute Gasteiger partial charge is 0.315 e. The lowest BCUT2D eigenvalue weighted by atomic mass is 9.92. The van der Waals surface area contributed by atoms with Crippen molar-refractivity contribution in [2.75, 3.05) is 0 Å². The summed E-state index contributed by atoms with van der Waals surface area (Å²) in [5, 5.41) is 24.9. The van der Waals surface area contributed by atoms with Crippen molar-refractivity contribution in [2.24, 2.45) is 10.2 Å². The van der Waals surface area contributed by atoms with Crippen molar-refractivity contribution >= 4 is 22.5 Å². The van der Waals surface area contributed by atoms with Crippen molar-refractivity contribution in [1.82, 2.24) is 15.2 Å². The van der Waals surface area contributed by atoms with Gasteiger partial charge in [-0.25, -0.2) is 0 Å². The molecule has 7 heteroatoms. The molecule has 118 valence electrons. The van der Waals surface area contributed by atoms with Crippen LogP contribution in [0.2, 0.25) is 0 Å². The largest absolute Gasteiger partial charge is 0.493 e. The lowest BCUT2D eigenvalue weighted by Gasteiger charge is -2.14. The summed E-state index contributed by atoms with van der Waals surface area (Å²) in [4.78, 5) is 14.9. The molecular formula is C16H17N5O2. The van der Waals surface area contributed by atoms with Crippen LogP contribution in [0.3, 0.4) is 0 Å². The highest BCUT2D eigenvalue weighted by molar-refractivity contribution is 5.96. The molecule has 1 aromatic carbocycles. The number of H-pyrrole nitrogens is 2. The Morgan fingerprint density at radius 2 is 2.00 bits per heavy atom. The lowest BCUT2D eigenvalue weighted by Crippen LogP contribution is -2.11. The average molecular weight is 311 g/mol. The van der Waals surface area contributed by atoms with Gasteiger partial charge in [-0.15, -0.1) is 10.2 Å². The van der Waals surface area contributed by atoms with E-state index in [0.717, 1.165) is 11.2 Å². The number of carbonyl (C=O) groups excluding carboxylic acids is 1. The fraction of sp³-hybridized carbons (Fsp3) is 0.250. The van der Waals surface area contributed by atoms with E-state index in [9.17, 15) is 9.90 Å². The molecule has 3 rings (SSSR count). The number of azo groups is 1. The van der Waals surface area contributed by atoms with E-state index in [4.69, 9.17) is 0 Å². The zero-order valence-corrected chi connectivity index (χ0v) is 13.1. The van der Waals surface area contributed by atoms with Gasteiger partial charge in [0.15, 0.2) is 11.4 Å². The molecule has 0 aliphatic carbocycles. The number of para-hydroxylation sites is 1. The molecule has 0 aliphatic heterocycles. The third-order valence-corrected chi connectivity index (χ3v) is 3.51. The molecule has 1 amide bonds. The number of aromatic amines is 2. The highest BCUT2D eigenvalue weighted by atomic mass is 16.3. The second kappa shape index (κ2) is 5.35. The summed E-state index contributed by atoms with van der Waals surface area (Å²) in [6.45, 7) is 6.04. The van der Waals surface area contributed by atoms with Crippen molar-refractivity contribution < 1.29 is 9.90 Å². The molecule has 3 aromatic rings. The molecule has 23 heavy (non-hydrogen) atoms. The quantitative estimate of drug-likeness (QED) is 0.626. The minimum atomic E-state index is -0.568. The summed E-state index contributed by atoms with van der Waals surface area (Å²) in [6, 6.07) is 8.91. The predicted octanol–water partition coefficient (Wildman–Crippen LogP) is 3.82. The monoisotopic (exact) mass is 311 g/mol. The Labute approximate surface area is 132 Å². The molecule has 0 saturated heterocycles. The first kappa shape index (κ1) is 15.0. The highest BCUT2D eigenvalue weighted by Crippen LogP contribution is 2.35. The fourth-order valence-electron chi connectivity index (χ4n) is 2.18. The van der Waals surface area contributed by atoms with E-state index < -0.39 is 5.91 Å². The first-order valence-electron chi connectivity index (χ1n) is 7.18. The van der Waals surface area contributed by atoms with Gasteiger partial charge in [0.2, 0.25) is 5.88 Å². The number of carbonyl (C=O) groups is 1. The van der Waals surface area contributed by atoms with Crippen LogP contribution in [-0.4, -0.2) is 26.2 Å². The van der Waals surface area contributed by atoms with Crippen LogP contribution in [0.1, 0.15) is 37.0 Å². The number of aromatic nitrogens is 3. The molecule has 0 bridgehead atoms. The van der Waals surface area contributed by atoms with Crippen molar-refractivity contribution in [1.29, 1.82) is 0 Å². The van der Waals surface area contributed by atoms with Crippen LogP contribution in [0.25, 0.3) is 10.9 Å². The van der Waals surface area contributed by atoms with Gasteiger partial charge in [0.1, 0.15) is 0 Å². The van der Waals surface area contributed by atoms with Crippen LogP contribution in [0.4, 0.5) is 5.69 Å². The Bertz CT molecular complexity index is 899. The maximum atomic E-state index is 12.1. The molecule has 2 heterocycles. The van der Waals surface area contributed by atoms with Gasteiger partial charge in [0, 0.05) is 16.5 Å². The molecule has 7 nitrogen and oxygen atoms in total. The number of amides is 1. The molecule has 3 N–H and O–H groups in total. The summed E-state index contributed by atoms with van der Waals surface area (Å²) in [6.07, 6.45) is 0. The first-order chi connectivity index (χ1) is 10.9. The lowest BCUT2D eigenvalue weighted by molar-refractivity contribution is 0.0990. The van der Waals surface area contributed by atoms with Gasteiger partial charge in [0.05, 0.1) is 5.52 Å². The second-order valence-electron chi connectivity index (χ2n) is 6.29. The molecule has 0 spiro atoms. The minimum Gasteiger partial charge on any atom is -0.493 e. The average Bonchev–Trinajstić information content (AvgIpc) is 3.09. The standard InChI is InChI=1S/C16H17N5O2/c1-16(2,3)12-8-11(18-19-12)14(22)21-20-13-9-6-4-5-7-10(9)17-15(13)23/h4-8,17,23H,1-3H3,(H,18,19). The number of hydrogen-bond acceptors (Lipinski definition) is 4. The SMILES string of the molecule is CC(C)(C)c1cc(C(=O)N=Nc2c(O)[nH]c3ccccc23)n[nH]1. The Balaban J connectivity index is 1.88. The maximum Gasteiger partial charge on any atom is 0.315 e. The molecule has 0 saturated carbocycles. The number of fused-ring (bicyclic) bond motifs is 1. The van der Waals surface area contributed by atoms with Gasteiger partial charge >= 0.3 is 5.91 Å². The Kier molecular flexibility index (Phi) is 3.48. The van der Waals surface area contributed by atoms with Crippen LogP contribution in [0.5, 0.6) is 5.88 Å². The zero-order chi connectivity index (χ0) is 16.6. The fourth-order valence-corrected chi connectivity index (χ4v) is 2.18. The van der Waals surface area contributed by atoms with Crippen molar-refractivity contribution in [3.8, 4) is 5.88 Å². The van der Waals surface area contributed by atoms with Gasteiger partial charge in [-0.1, -0.05) is 39.0 Å². The first-order valence-corrected chi connectivity index (χ1v) is 7.18. The number of benzene rings is 1. The van der Waals surface area contributed by atoms with E-state index in [-0.39, 0.29) is 22.7 Å². The summed E-state index contributed by atoms with van der Waals surface area (Å²) in [5.41, 5.74) is 1.85. The van der Waals surface area contributed by atoms with Gasteiger partial charge in [-0.3, -0.25) is 9.89 Å². The van der Waals surface area contributed by atoms with Gasteiger partial charge < -0.3 is 10.1 Å². The maximum absolute atomic E-state index is 12.1. The van der Waals surface area contributed by atoms with E-state index >= 15 is 0 Å². The van der Waals surface area contributed by atoms with Crippen LogP contribution >= 0.6 is 0 Å². The third kappa shape index (κ3) is 2.85. The summed E-state index contributed by atoms with van der Waals surface area (Å²) < 4.78 is 0. The summed E-state index contributed by atoms with van der Waals surface area (Å²) in [5.74, 6) is -0.693. The number of nitrogens with one attached hydrogen (secondary N) is 2. The normalized spacial score (nSPS) is 12.3. The second-order valence-corrected chi connectivity index (χ2v) is 6.29. The van der Waals surface area contributed by atoms with Crippen molar-refractivity contribution in [3.63, 3.8) is 0 Å². The molecule has 2 aromatic heterocycles.